The van der Waals surface area contributed by atoms with Gasteiger partial charge in [-0.25, -0.2) is 4.79 Å². The van der Waals surface area contributed by atoms with Crippen LogP contribution in [0.2, 0.25) is 0 Å². The predicted molar refractivity (Wildman–Crippen MR) is 117 cm³/mol. The molecule has 210 valence electrons. The number of ether oxygens (including phenoxy) is 2. The molecule has 1 saturated heterocycles. The van der Waals surface area contributed by atoms with Crippen molar-refractivity contribution in [3.8, 4) is 0 Å². The van der Waals surface area contributed by atoms with Crippen LogP contribution in [0.15, 0.2) is 36.4 Å². The van der Waals surface area contributed by atoms with Crippen LogP contribution < -0.4 is 0 Å². The molecule has 0 bridgehead atoms. The molecule has 0 aromatic heterocycles. The number of nitrogens with zero attached hydrogens (tertiary/aromatic N) is 1. The van der Waals surface area contributed by atoms with E-state index in [1.54, 1.807) is 13.8 Å². The first-order chi connectivity index (χ1) is 17.5. The Labute approximate surface area is 212 Å². The topological polar surface area (TPSA) is 38.8 Å². The zero-order chi connectivity index (χ0) is 28.6. The lowest BCUT2D eigenvalue weighted by molar-refractivity contribution is -0.143. The van der Waals surface area contributed by atoms with Crippen LogP contribution in [0.3, 0.4) is 0 Å². The highest BCUT2D eigenvalue weighted by atomic mass is 19.4. The van der Waals surface area contributed by atoms with E-state index in [0.29, 0.717) is 24.1 Å². The van der Waals surface area contributed by atoms with E-state index in [1.165, 1.54) is 13.0 Å². The standard InChI is InChI=1S/C25H24F9NO3/c1-4-20(37-5-2)19-7-6-16(23(26,27)28)10-15(19)12-35-13(3)21(38-22(35)36)14-8-17(24(29,30)31)11-18(9-14)25(32,33)34/h6-11,13,20-21H,4-5,12H2,1-3H3/t13-,20?,21-/m0/s1. The highest BCUT2D eigenvalue weighted by Crippen LogP contribution is 2.42. The van der Waals surface area contributed by atoms with Crippen LogP contribution in [0.5, 0.6) is 0 Å². The van der Waals surface area contributed by atoms with Crippen molar-refractivity contribution in [3.05, 3.63) is 69.8 Å². The molecule has 0 spiro atoms. The maximum Gasteiger partial charge on any atom is 0.416 e. The Balaban J connectivity index is 2.03. The number of carbonyl (C=O) groups is 1. The first-order valence-corrected chi connectivity index (χ1v) is 11.6. The third-order valence-corrected chi connectivity index (χ3v) is 6.23. The summed E-state index contributed by atoms with van der Waals surface area (Å²) in [5.41, 5.74) is -4.26. The third kappa shape index (κ3) is 6.36. The molecule has 0 radical (unpaired) electrons. The second kappa shape index (κ2) is 10.7. The minimum absolute atomic E-state index is 0.0454. The van der Waals surface area contributed by atoms with E-state index >= 15 is 0 Å². The van der Waals surface area contributed by atoms with E-state index in [0.717, 1.165) is 17.0 Å². The maximum atomic E-state index is 13.4. The molecule has 3 atom stereocenters. The van der Waals surface area contributed by atoms with E-state index in [-0.39, 0.29) is 18.2 Å². The van der Waals surface area contributed by atoms with Crippen molar-refractivity contribution in [2.75, 3.05) is 6.61 Å². The lowest BCUT2D eigenvalue weighted by Crippen LogP contribution is -2.32. The van der Waals surface area contributed by atoms with Gasteiger partial charge in [0.1, 0.15) is 6.10 Å². The molecule has 1 aliphatic rings. The fourth-order valence-electron chi connectivity index (χ4n) is 4.35. The van der Waals surface area contributed by atoms with Crippen LogP contribution in [0.25, 0.3) is 0 Å². The zero-order valence-electron chi connectivity index (χ0n) is 20.4. The first kappa shape index (κ1) is 29.6. The quantitative estimate of drug-likeness (QED) is 0.322. The minimum atomic E-state index is -5.11. The fraction of sp³-hybridized carbons (Fsp3) is 0.480. The van der Waals surface area contributed by atoms with E-state index in [4.69, 9.17) is 9.47 Å². The molecular formula is C25H24F9NO3. The molecule has 0 N–H and O–H groups in total. The van der Waals surface area contributed by atoms with Gasteiger partial charge in [0, 0.05) is 13.2 Å². The summed E-state index contributed by atoms with van der Waals surface area (Å²) in [5.74, 6) is 0. The van der Waals surface area contributed by atoms with Gasteiger partial charge < -0.3 is 9.47 Å². The number of amides is 1. The first-order valence-electron chi connectivity index (χ1n) is 11.6. The number of benzene rings is 2. The second-order valence-electron chi connectivity index (χ2n) is 8.78. The van der Waals surface area contributed by atoms with Crippen molar-refractivity contribution in [2.45, 2.75) is 70.5 Å². The van der Waals surface area contributed by atoms with Crippen LogP contribution in [-0.4, -0.2) is 23.6 Å². The van der Waals surface area contributed by atoms with Gasteiger partial charge in [0.25, 0.3) is 0 Å². The molecule has 1 fully saturated rings. The number of hydrogen-bond donors (Lipinski definition) is 0. The van der Waals surface area contributed by atoms with Gasteiger partial charge in [-0.1, -0.05) is 13.0 Å². The van der Waals surface area contributed by atoms with E-state index in [2.05, 4.69) is 0 Å². The Morgan fingerprint density at radius 1 is 0.868 bits per heavy atom. The van der Waals surface area contributed by atoms with Gasteiger partial charge >= 0.3 is 24.6 Å². The SMILES string of the molecule is CCOC(CC)c1ccc(C(F)(F)F)cc1CN1C(=O)O[C@H](c2cc(C(F)(F)F)cc(C(F)(F)F)c2)[C@@H]1C. The molecule has 0 aliphatic carbocycles. The van der Waals surface area contributed by atoms with Crippen molar-refractivity contribution >= 4 is 6.09 Å². The lowest BCUT2D eigenvalue weighted by atomic mass is 9.95. The Kier molecular flexibility index (Phi) is 8.30. The summed E-state index contributed by atoms with van der Waals surface area (Å²) in [6, 6.07) is 2.72. The van der Waals surface area contributed by atoms with Crippen molar-refractivity contribution < 1.29 is 53.8 Å². The Morgan fingerprint density at radius 2 is 1.42 bits per heavy atom. The van der Waals surface area contributed by atoms with Gasteiger partial charge in [-0.05, 0) is 67.3 Å². The van der Waals surface area contributed by atoms with Crippen LogP contribution in [-0.2, 0) is 34.5 Å². The van der Waals surface area contributed by atoms with Gasteiger partial charge in [-0.3, -0.25) is 4.90 Å². The molecule has 1 amide bonds. The number of carbonyl (C=O) groups excluding carboxylic acids is 1. The van der Waals surface area contributed by atoms with Crippen molar-refractivity contribution in [3.63, 3.8) is 0 Å². The largest absolute Gasteiger partial charge is 0.439 e. The molecule has 2 aromatic carbocycles. The van der Waals surface area contributed by atoms with Crippen LogP contribution in [0.4, 0.5) is 44.3 Å². The number of cyclic esters (lactones) is 1. The normalized spacial score (nSPS) is 19.6. The summed E-state index contributed by atoms with van der Waals surface area (Å²) in [5, 5.41) is 0. The smallest absolute Gasteiger partial charge is 0.416 e. The van der Waals surface area contributed by atoms with E-state index < -0.39 is 71.7 Å². The monoisotopic (exact) mass is 557 g/mol. The maximum absolute atomic E-state index is 13.4. The molecule has 3 rings (SSSR count). The summed E-state index contributed by atoms with van der Waals surface area (Å²) in [6.07, 6.45) is -17.8. The minimum Gasteiger partial charge on any atom is -0.439 e. The van der Waals surface area contributed by atoms with Crippen molar-refractivity contribution in [1.29, 1.82) is 0 Å². The van der Waals surface area contributed by atoms with Gasteiger partial charge in [-0.2, -0.15) is 39.5 Å². The molecule has 1 heterocycles. The van der Waals surface area contributed by atoms with Crippen LogP contribution in [0.1, 0.15) is 72.8 Å². The second-order valence-corrected chi connectivity index (χ2v) is 8.78. The summed E-state index contributed by atoms with van der Waals surface area (Å²) >= 11 is 0. The Bertz CT molecular complexity index is 1130. The fourth-order valence-corrected chi connectivity index (χ4v) is 4.35. The third-order valence-electron chi connectivity index (χ3n) is 6.23. The molecule has 4 nitrogen and oxygen atoms in total. The average Bonchev–Trinajstić information content (AvgIpc) is 3.09. The molecule has 38 heavy (non-hydrogen) atoms. The van der Waals surface area contributed by atoms with Crippen molar-refractivity contribution in [1.82, 2.24) is 4.90 Å². The van der Waals surface area contributed by atoms with Gasteiger partial charge in [0.15, 0.2) is 0 Å². The molecule has 2 aromatic rings. The molecule has 1 aliphatic heterocycles. The average molecular weight is 557 g/mol. The summed E-state index contributed by atoms with van der Waals surface area (Å²) in [6.45, 7) is 4.58. The van der Waals surface area contributed by atoms with Crippen molar-refractivity contribution in [2.24, 2.45) is 0 Å². The highest BCUT2D eigenvalue weighted by molar-refractivity contribution is 5.71. The molecule has 0 saturated carbocycles. The highest BCUT2D eigenvalue weighted by Gasteiger charge is 2.44. The Morgan fingerprint density at radius 3 is 1.89 bits per heavy atom. The van der Waals surface area contributed by atoms with Gasteiger partial charge in [0.05, 0.1) is 28.8 Å². The molecule has 13 heteroatoms. The molecular weight excluding hydrogens is 533 g/mol. The summed E-state index contributed by atoms with van der Waals surface area (Å²) in [7, 11) is 0. The zero-order valence-corrected chi connectivity index (χ0v) is 20.4. The Hall–Kier alpha value is -2.96. The molecule has 1 unspecified atom stereocenters. The number of hydrogen-bond acceptors (Lipinski definition) is 3. The number of rotatable bonds is 7. The van der Waals surface area contributed by atoms with E-state index in [1.807, 2.05) is 0 Å². The van der Waals surface area contributed by atoms with E-state index in [9.17, 15) is 44.3 Å². The predicted octanol–water partition coefficient (Wildman–Crippen LogP) is 8.31. The van der Waals surface area contributed by atoms with Crippen LogP contribution >= 0.6 is 0 Å². The summed E-state index contributed by atoms with van der Waals surface area (Å²) in [4.78, 5) is 13.7. The van der Waals surface area contributed by atoms with Crippen LogP contribution in [0, 0.1) is 0 Å². The number of halogens is 9. The van der Waals surface area contributed by atoms with Gasteiger partial charge in [0.2, 0.25) is 0 Å². The van der Waals surface area contributed by atoms with Gasteiger partial charge in [-0.15, -0.1) is 0 Å². The number of alkyl halides is 9. The summed E-state index contributed by atoms with van der Waals surface area (Å²) < 4.78 is 131. The lowest BCUT2D eigenvalue weighted by Gasteiger charge is -2.26.